The van der Waals surface area contributed by atoms with Gasteiger partial charge in [-0.2, -0.15) is 0 Å². The van der Waals surface area contributed by atoms with Gasteiger partial charge in [0.05, 0.1) is 51.7 Å². The first-order valence-corrected chi connectivity index (χ1v) is 20.8. The largest absolute Gasteiger partial charge is 0.477 e. The van der Waals surface area contributed by atoms with Crippen LogP contribution in [0.1, 0.15) is 72.1 Å². The Morgan fingerprint density at radius 1 is 0.719 bits per heavy atom. The molecule has 1 aliphatic heterocycles. The Labute approximate surface area is 334 Å². The number of rotatable bonds is 24. The van der Waals surface area contributed by atoms with Gasteiger partial charge in [0, 0.05) is 4.91 Å². The molecule has 4 aromatic rings. The van der Waals surface area contributed by atoms with Crippen molar-refractivity contribution in [3.05, 3.63) is 154 Å². The summed E-state index contributed by atoms with van der Waals surface area (Å²) in [6.45, 7) is 4.61. The molecule has 1 heterocycles. The summed E-state index contributed by atoms with van der Waals surface area (Å²) >= 11 is 0. The number of ether oxygens (including phenoxy) is 5. The molecule has 0 N–H and O–H groups in total. The van der Waals surface area contributed by atoms with Gasteiger partial charge in [-0.3, -0.25) is 13.6 Å². The first kappa shape index (κ1) is 43.7. The predicted octanol–water partition coefficient (Wildman–Crippen LogP) is 9.89. The standard InChI is InChI=1S/C43H52N3O10P/c1-3-5-26-52-57(48,53-27-6-4-2)56-43-41(55-42(47)37-25-17-16-24-36(37)28-45-46-44)40(51-31-35-22-14-9-15-23-35)39(50-30-34-20-12-8-13-21-34)38(54-43)32-49-29-33-18-10-7-11-19-33/h7-25,38-41,43H,3-6,26-32H2,1-2H3/t38-,39+,40+,41-,43+/m1/s1. The molecule has 1 fully saturated rings. The minimum atomic E-state index is -4.32. The molecule has 0 saturated carbocycles. The number of unbranched alkanes of at least 4 members (excludes halogenated alkanes) is 2. The summed E-state index contributed by atoms with van der Waals surface area (Å²) in [5.74, 6) is -0.775. The number of azide groups is 1. The number of hydrogen-bond donors (Lipinski definition) is 0. The molecule has 304 valence electrons. The molecule has 4 aromatic carbocycles. The van der Waals surface area contributed by atoms with Crippen LogP contribution in [0.15, 0.2) is 120 Å². The zero-order chi connectivity index (χ0) is 40.1. The van der Waals surface area contributed by atoms with Crippen LogP contribution in [0.25, 0.3) is 10.4 Å². The Hall–Kier alpha value is -4.39. The van der Waals surface area contributed by atoms with Crippen LogP contribution in [0, 0.1) is 0 Å². The number of benzene rings is 4. The van der Waals surface area contributed by atoms with Gasteiger partial charge in [0.2, 0.25) is 6.29 Å². The van der Waals surface area contributed by atoms with E-state index in [9.17, 15) is 9.36 Å². The molecule has 0 unspecified atom stereocenters. The normalized spacial score (nSPS) is 19.4. The van der Waals surface area contributed by atoms with Crippen LogP contribution < -0.4 is 0 Å². The zero-order valence-corrected chi connectivity index (χ0v) is 33.4. The number of phosphoric acid groups is 1. The van der Waals surface area contributed by atoms with Gasteiger partial charge in [-0.1, -0.05) is 141 Å². The van der Waals surface area contributed by atoms with Crippen molar-refractivity contribution < 1.29 is 46.6 Å². The van der Waals surface area contributed by atoms with Crippen LogP contribution in [0.3, 0.4) is 0 Å². The molecule has 0 amide bonds. The number of esters is 1. The number of carbonyl (C=O) groups is 1. The van der Waals surface area contributed by atoms with E-state index in [1.165, 1.54) is 0 Å². The second-order valence-electron chi connectivity index (χ2n) is 13.4. The molecule has 0 aliphatic carbocycles. The van der Waals surface area contributed by atoms with E-state index in [0.717, 1.165) is 29.5 Å². The maximum Gasteiger partial charge on any atom is 0.477 e. The van der Waals surface area contributed by atoms with E-state index < -0.39 is 44.5 Å². The minimum absolute atomic E-state index is 0.00670. The van der Waals surface area contributed by atoms with Crippen LogP contribution in [-0.4, -0.2) is 56.5 Å². The Kier molecular flexibility index (Phi) is 18.2. The van der Waals surface area contributed by atoms with Gasteiger partial charge >= 0.3 is 13.8 Å². The summed E-state index contributed by atoms with van der Waals surface area (Å²) in [5.41, 5.74) is 12.3. The van der Waals surface area contributed by atoms with Crippen molar-refractivity contribution in [3.63, 3.8) is 0 Å². The molecule has 13 nitrogen and oxygen atoms in total. The summed E-state index contributed by atoms with van der Waals surface area (Å²) in [7, 11) is -4.32. The number of nitrogens with zero attached hydrogens (tertiary/aromatic N) is 3. The average molecular weight is 802 g/mol. The lowest BCUT2D eigenvalue weighted by atomic mass is 9.97. The van der Waals surface area contributed by atoms with Crippen LogP contribution in [0.4, 0.5) is 0 Å². The Bertz CT molecular complexity index is 1850. The lowest BCUT2D eigenvalue weighted by molar-refractivity contribution is -0.302. The van der Waals surface area contributed by atoms with Gasteiger partial charge in [-0.15, -0.1) is 0 Å². The van der Waals surface area contributed by atoms with E-state index in [4.69, 9.17) is 42.8 Å². The van der Waals surface area contributed by atoms with Gasteiger partial charge in [0.25, 0.3) is 0 Å². The van der Waals surface area contributed by atoms with E-state index in [1.807, 2.05) is 105 Å². The lowest BCUT2D eigenvalue weighted by Crippen LogP contribution is -2.62. The Morgan fingerprint density at radius 2 is 1.25 bits per heavy atom. The van der Waals surface area contributed by atoms with Crippen LogP contribution in [-0.2, 0) is 68.2 Å². The second-order valence-corrected chi connectivity index (χ2v) is 15.0. The fraction of sp³-hybridized carbons (Fsp3) is 0.419. The van der Waals surface area contributed by atoms with Crippen molar-refractivity contribution in [2.75, 3.05) is 19.8 Å². The molecule has 0 spiro atoms. The van der Waals surface area contributed by atoms with Crippen molar-refractivity contribution in [2.45, 2.75) is 96.6 Å². The zero-order valence-electron chi connectivity index (χ0n) is 32.5. The van der Waals surface area contributed by atoms with Crippen molar-refractivity contribution in [2.24, 2.45) is 5.11 Å². The van der Waals surface area contributed by atoms with Crippen molar-refractivity contribution in [3.8, 4) is 0 Å². The molecule has 57 heavy (non-hydrogen) atoms. The predicted molar refractivity (Wildman–Crippen MR) is 214 cm³/mol. The van der Waals surface area contributed by atoms with E-state index in [2.05, 4.69) is 10.0 Å². The third-order valence-corrected chi connectivity index (χ3v) is 10.5. The molecule has 5 rings (SSSR count). The average Bonchev–Trinajstić information content (AvgIpc) is 3.24. The molecular formula is C43H52N3O10P. The first-order valence-electron chi connectivity index (χ1n) is 19.4. The number of hydrogen-bond acceptors (Lipinski definition) is 11. The maximum absolute atomic E-state index is 14.5. The summed E-state index contributed by atoms with van der Waals surface area (Å²) in [5, 5.41) is 3.66. The summed E-state index contributed by atoms with van der Waals surface area (Å²) in [6.07, 6.45) is -2.99. The van der Waals surface area contributed by atoms with E-state index in [1.54, 1.807) is 24.3 Å². The second kappa shape index (κ2) is 23.7. The van der Waals surface area contributed by atoms with E-state index in [0.29, 0.717) is 18.4 Å². The summed E-state index contributed by atoms with van der Waals surface area (Å²) in [4.78, 5) is 17.1. The minimum Gasteiger partial charge on any atom is -0.450 e. The SMILES string of the molecule is CCCCOP(=O)(OCCCC)O[C@@H]1O[C@H](COCc2ccccc2)[C@H](OCc2ccccc2)[C@H](OCc2ccccc2)[C@H]1OC(=O)c1ccccc1CN=[N+]=[N-]. The quantitative estimate of drug-likeness (QED) is 0.0167. The molecule has 5 atom stereocenters. The van der Waals surface area contributed by atoms with E-state index >= 15 is 0 Å². The third-order valence-electron chi connectivity index (χ3n) is 9.07. The number of carbonyl (C=O) groups excluding carboxylic acids is 1. The van der Waals surface area contributed by atoms with Gasteiger partial charge in [0.15, 0.2) is 6.10 Å². The van der Waals surface area contributed by atoms with Crippen LogP contribution in [0.5, 0.6) is 0 Å². The van der Waals surface area contributed by atoms with Gasteiger partial charge in [-0.25, -0.2) is 9.36 Å². The fourth-order valence-electron chi connectivity index (χ4n) is 6.03. The fourth-order valence-corrected chi connectivity index (χ4v) is 7.36. The smallest absolute Gasteiger partial charge is 0.450 e. The Balaban J connectivity index is 1.56. The molecule has 0 radical (unpaired) electrons. The number of phosphoric ester groups is 1. The highest BCUT2D eigenvalue weighted by molar-refractivity contribution is 7.48. The van der Waals surface area contributed by atoms with Crippen molar-refractivity contribution in [1.82, 2.24) is 0 Å². The highest BCUT2D eigenvalue weighted by atomic mass is 31.2. The molecule has 1 aliphatic rings. The monoisotopic (exact) mass is 801 g/mol. The molecular weight excluding hydrogens is 749 g/mol. The molecule has 1 saturated heterocycles. The first-order chi connectivity index (χ1) is 27.9. The highest BCUT2D eigenvalue weighted by Crippen LogP contribution is 2.53. The third kappa shape index (κ3) is 13.9. The summed E-state index contributed by atoms with van der Waals surface area (Å²) < 4.78 is 64.9. The van der Waals surface area contributed by atoms with Gasteiger partial charge in [-0.05, 0) is 46.7 Å². The highest BCUT2D eigenvalue weighted by Gasteiger charge is 2.53. The molecule has 0 aromatic heterocycles. The van der Waals surface area contributed by atoms with Crippen LogP contribution >= 0.6 is 7.82 Å². The molecule has 0 bridgehead atoms. The van der Waals surface area contributed by atoms with Gasteiger partial charge in [0.1, 0.15) is 18.3 Å². The van der Waals surface area contributed by atoms with Crippen molar-refractivity contribution >= 4 is 13.8 Å². The van der Waals surface area contributed by atoms with E-state index in [-0.39, 0.29) is 51.7 Å². The topological polar surface area (TPSA) is 157 Å². The Morgan fingerprint density at radius 3 is 1.81 bits per heavy atom. The summed E-state index contributed by atoms with van der Waals surface area (Å²) in [6, 6.07) is 35.5. The lowest BCUT2D eigenvalue weighted by Gasteiger charge is -2.45. The van der Waals surface area contributed by atoms with Crippen LogP contribution in [0.2, 0.25) is 0 Å². The van der Waals surface area contributed by atoms with Crippen molar-refractivity contribution in [1.29, 1.82) is 0 Å². The maximum atomic E-state index is 14.5. The van der Waals surface area contributed by atoms with Gasteiger partial charge < -0.3 is 23.7 Å². The molecule has 14 heteroatoms.